The number of hydrogen-bond donors (Lipinski definition) is 3. The van der Waals surface area contributed by atoms with Crippen LogP contribution in [-0.2, 0) is 11.3 Å². The first kappa shape index (κ1) is 14.0. The molecule has 1 aromatic heterocycles. The van der Waals surface area contributed by atoms with Gasteiger partial charge in [-0.2, -0.15) is 0 Å². The minimum atomic E-state index is -0.736. The molecule has 0 aliphatic heterocycles. The van der Waals surface area contributed by atoms with Gasteiger partial charge >= 0.3 is 0 Å². The zero-order valence-electron chi connectivity index (χ0n) is 10.9. The van der Waals surface area contributed by atoms with E-state index in [1.165, 1.54) is 0 Å². The number of anilines is 1. The number of aliphatic hydroxyl groups is 1. The van der Waals surface area contributed by atoms with E-state index in [2.05, 4.69) is 15.6 Å². The summed E-state index contributed by atoms with van der Waals surface area (Å²) >= 11 is 0. The summed E-state index contributed by atoms with van der Waals surface area (Å²) in [6.07, 6.45) is 2.23. The molecule has 0 radical (unpaired) electrons. The van der Waals surface area contributed by atoms with Gasteiger partial charge in [-0.15, -0.1) is 5.10 Å². The molecule has 0 fully saturated rings. The topological polar surface area (TPSA) is 106 Å². The summed E-state index contributed by atoms with van der Waals surface area (Å²) in [5.74, 6) is -0.525. The standard InChI is InChI=1S/C13H17N5O2/c14-13(20)12(15-10-5-2-1-3-6-10)11-9-18(17-16-11)7-4-8-19/h1-3,5-6,9,12,15,19H,4,7-8H2,(H2,14,20). The van der Waals surface area contributed by atoms with Crippen LogP contribution in [0.2, 0.25) is 0 Å². The van der Waals surface area contributed by atoms with Crippen LogP contribution in [0.1, 0.15) is 18.2 Å². The molecule has 0 bridgehead atoms. The molecule has 7 nitrogen and oxygen atoms in total. The van der Waals surface area contributed by atoms with Crippen LogP contribution in [0, 0.1) is 0 Å². The summed E-state index contributed by atoms with van der Waals surface area (Å²) in [5.41, 5.74) is 6.64. The first-order valence-electron chi connectivity index (χ1n) is 6.32. The number of nitrogens with one attached hydrogen (secondary N) is 1. The van der Waals surface area contributed by atoms with Crippen LogP contribution in [0.5, 0.6) is 0 Å². The molecule has 1 aromatic carbocycles. The lowest BCUT2D eigenvalue weighted by molar-refractivity contribution is -0.118. The molecule has 0 aliphatic rings. The number of aliphatic hydroxyl groups excluding tert-OH is 1. The number of nitrogens with zero attached hydrogens (tertiary/aromatic N) is 3. The SMILES string of the molecule is NC(=O)C(Nc1ccccc1)c1cn(CCCO)nn1. The maximum atomic E-state index is 11.6. The number of carbonyl (C=O) groups excluding carboxylic acids is 1. The van der Waals surface area contributed by atoms with Crippen LogP contribution in [0.4, 0.5) is 5.69 Å². The number of hydrogen-bond acceptors (Lipinski definition) is 5. The quantitative estimate of drug-likeness (QED) is 0.674. The van der Waals surface area contributed by atoms with E-state index < -0.39 is 11.9 Å². The summed E-state index contributed by atoms with van der Waals surface area (Å²) in [6.45, 7) is 0.622. The Hall–Kier alpha value is -2.41. The third kappa shape index (κ3) is 3.55. The Morgan fingerprint density at radius 2 is 2.15 bits per heavy atom. The minimum Gasteiger partial charge on any atom is -0.396 e. The van der Waals surface area contributed by atoms with Crippen molar-refractivity contribution in [1.29, 1.82) is 0 Å². The summed E-state index contributed by atoms with van der Waals surface area (Å²) in [7, 11) is 0. The van der Waals surface area contributed by atoms with Gasteiger partial charge in [0.25, 0.3) is 0 Å². The maximum Gasteiger partial charge on any atom is 0.246 e. The molecule has 20 heavy (non-hydrogen) atoms. The van der Waals surface area contributed by atoms with E-state index in [0.29, 0.717) is 18.7 Å². The summed E-state index contributed by atoms with van der Waals surface area (Å²) in [4.78, 5) is 11.6. The average Bonchev–Trinajstić information content (AvgIpc) is 2.92. The van der Waals surface area contributed by atoms with Gasteiger partial charge in [0, 0.05) is 18.8 Å². The first-order chi connectivity index (χ1) is 9.70. The van der Waals surface area contributed by atoms with Crippen molar-refractivity contribution in [3.8, 4) is 0 Å². The predicted molar refractivity (Wildman–Crippen MR) is 73.7 cm³/mol. The van der Waals surface area contributed by atoms with E-state index >= 15 is 0 Å². The van der Waals surface area contributed by atoms with Crippen LogP contribution in [0.25, 0.3) is 0 Å². The van der Waals surface area contributed by atoms with Crippen LogP contribution in [0.15, 0.2) is 36.5 Å². The largest absolute Gasteiger partial charge is 0.396 e. The van der Waals surface area contributed by atoms with Crippen LogP contribution in [-0.4, -0.2) is 32.6 Å². The van der Waals surface area contributed by atoms with Gasteiger partial charge in [0.2, 0.25) is 5.91 Å². The summed E-state index contributed by atoms with van der Waals surface area (Å²) in [6, 6.07) is 8.55. The van der Waals surface area contributed by atoms with Crippen molar-refractivity contribution < 1.29 is 9.90 Å². The summed E-state index contributed by atoms with van der Waals surface area (Å²) in [5, 5.41) is 19.7. The zero-order valence-corrected chi connectivity index (χ0v) is 10.9. The second-order valence-corrected chi connectivity index (χ2v) is 4.33. The number of aryl methyl sites for hydroxylation is 1. The minimum absolute atomic E-state index is 0.0801. The molecule has 7 heteroatoms. The Labute approximate surface area is 116 Å². The van der Waals surface area contributed by atoms with Gasteiger partial charge in [-0.25, -0.2) is 0 Å². The van der Waals surface area contributed by atoms with Gasteiger partial charge in [0.15, 0.2) is 6.04 Å². The van der Waals surface area contributed by atoms with Crippen molar-refractivity contribution in [2.75, 3.05) is 11.9 Å². The lowest BCUT2D eigenvalue weighted by Crippen LogP contribution is -2.28. The lowest BCUT2D eigenvalue weighted by Gasteiger charge is -2.13. The molecule has 1 atom stereocenters. The van der Waals surface area contributed by atoms with E-state index in [4.69, 9.17) is 10.8 Å². The highest BCUT2D eigenvalue weighted by molar-refractivity contribution is 5.83. The van der Waals surface area contributed by atoms with Gasteiger partial charge in [0.1, 0.15) is 5.69 Å². The molecule has 1 heterocycles. The van der Waals surface area contributed by atoms with Gasteiger partial charge in [0.05, 0.1) is 6.20 Å². The highest BCUT2D eigenvalue weighted by Gasteiger charge is 2.21. The fourth-order valence-electron chi connectivity index (χ4n) is 1.78. The van der Waals surface area contributed by atoms with E-state index in [1.54, 1.807) is 10.9 Å². The Morgan fingerprint density at radius 3 is 2.80 bits per heavy atom. The van der Waals surface area contributed by atoms with Crippen LogP contribution < -0.4 is 11.1 Å². The average molecular weight is 275 g/mol. The third-order valence-corrected chi connectivity index (χ3v) is 2.77. The van der Waals surface area contributed by atoms with Crippen molar-refractivity contribution in [3.63, 3.8) is 0 Å². The van der Waals surface area contributed by atoms with E-state index in [1.807, 2.05) is 30.3 Å². The van der Waals surface area contributed by atoms with Gasteiger partial charge in [-0.1, -0.05) is 23.4 Å². The molecule has 4 N–H and O–H groups in total. The fourth-order valence-corrected chi connectivity index (χ4v) is 1.78. The number of para-hydroxylation sites is 1. The number of carbonyl (C=O) groups is 1. The van der Waals surface area contributed by atoms with Crippen molar-refractivity contribution in [3.05, 3.63) is 42.2 Å². The smallest absolute Gasteiger partial charge is 0.246 e. The van der Waals surface area contributed by atoms with Crippen molar-refractivity contribution in [2.24, 2.45) is 5.73 Å². The highest BCUT2D eigenvalue weighted by Crippen LogP contribution is 2.17. The number of primary amides is 1. The van der Waals surface area contributed by atoms with Crippen LogP contribution >= 0.6 is 0 Å². The fraction of sp³-hybridized carbons (Fsp3) is 0.308. The molecule has 0 aliphatic carbocycles. The molecule has 0 saturated carbocycles. The Bertz CT molecular complexity index is 555. The number of aromatic nitrogens is 3. The van der Waals surface area contributed by atoms with Crippen molar-refractivity contribution >= 4 is 11.6 Å². The molecule has 106 valence electrons. The van der Waals surface area contributed by atoms with Gasteiger partial charge in [-0.05, 0) is 18.6 Å². The number of benzene rings is 1. The first-order valence-corrected chi connectivity index (χ1v) is 6.32. The molecular formula is C13H17N5O2. The summed E-state index contributed by atoms with van der Waals surface area (Å²) < 4.78 is 1.58. The van der Waals surface area contributed by atoms with Gasteiger partial charge in [-0.3, -0.25) is 9.48 Å². The molecular weight excluding hydrogens is 258 g/mol. The zero-order chi connectivity index (χ0) is 14.4. The number of rotatable bonds is 7. The van der Waals surface area contributed by atoms with Crippen molar-refractivity contribution in [2.45, 2.75) is 19.0 Å². The normalized spacial score (nSPS) is 12.1. The maximum absolute atomic E-state index is 11.6. The second-order valence-electron chi connectivity index (χ2n) is 4.33. The number of nitrogens with two attached hydrogens (primary N) is 1. The Kier molecular flexibility index (Phi) is 4.67. The van der Waals surface area contributed by atoms with E-state index in [9.17, 15) is 4.79 Å². The second kappa shape index (κ2) is 6.67. The Balaban J connectivity index is 2.12. The monoisotopic (exact) mass is 275 g/mol. The lowest BCUT2D eigenvalue weighted by atomic mass is 10.2. The van der Waals surface area contributed by atoms with E-state index in [-0.39, 0.29) is 6.61 Å². The molecule has 1 amide bonds. The van der Waals surface area contributed by atoms with Gasteiger partial charge < -0.3 is 16.2 Å². The molecule has 0 saturated heterocycles. The van der Waals surface area contributed by atoms with Crippen molar-refractivity contribution in [1.82, 2.24) is 15.0 Å². The highest BCUT2D eigenvalue weighted by atomic mass is 16.3. The number of amides is 1. The molecule has 2 aromatic rings. The van der Waals surface area contributed by atoms with Crippen LogP contribution in [0.3, 0.4) is 0 Å². The van der Waals surface area contributed by atoms with E-state index in [0.717, 1.165) is 5.69 Å². The Morgan fingerprint density at radius 1 is 1.40 bits per heavy atom. The predicted octanol–water partition coefficient (Wildman–Crippen LogP) is 0.299. The third-order valence-electron chi connectivity index (χ3n) is 2.77. The molecule has 2 rings (SSSR count). The molecule has 0 spiro atoms. The molecule has 1 unspecified atom stereocenters.